The zero-order valence-electron chi connectivity index (χ0n) is 11.4. The van der Waals surface area contributed by atoms with Gasteiger partial charge in [0.15, 0.2) is 0 Å². The zero-order valence-corrected chi connectivity index (χ0v) is 11.4. The molecule has 104 valence electrons. The van der Waals surface area contributed by atoms with Gasteiger partial charge in [-0.05, 0) is 25.3 Å². The molecule has 2 rings (SSSR count). The number of carbonyl (C=O) groups excluding carboxylic acids is 1. The Morgan fingerprint density at radius 3 is 2.67 bits per heavy atom. The number of nitrogens with two attached hydrogens (primary N) is 1. The van der Waals surface area contributed by atoms with E-state index in [1.165, 1.54) is 32.1 Å². The normalized spacial score (nSPS) is 25.6. The third-order valence-corrected chi connectivity index (χ3v) is 4.43. The van der Waals surface area contributed by atoms with Crippen molar-refractivity contribution in [3.63, 3.8) is 0 Å². The molecule has 0 aromatic carbocycles. The Morgan fingerprint density at radius 2 is 1.94 bits per heavy atom. The van der Waals surface area contributed by atoms with Crippen LogP contribution in [0.2, 0.25) is 0 Å². The first-order chi connectivity index (χ1) is 8.77. The van der Waals surface area contributed by atoms with E-state index in [-0.39, 0.29) is 11.9 Å². The van der Waals surface area contributed by atoms with Gasteiger partial charge in [0, 0.05) is 19.6 Å². The summed E-state index contributed by atoms with van der Waals surface area (Å²) in [6.45, 7) is 4.01. The number of nitrogens with one attached hydrogen (secondary N) is 1. The van der Waals surface area contributed by atoms with E-state index in [1.54, 1.807) is 0 Å². The highest BCUT2D eigenvalue weighted by molar-refractivity contribution is 5.79. The van der Waals surface area contributed by atoms with Crippen molar-refractivity contribution in [2.75, 3.05) is 26.2 Å². The minimum absolute atomic E-state index is 0.0343. The smallest absolute Gasteiger partial charge is 0.234 e. The highest BCUT2D eigenvalue weighted by Crippen LogP contribution is 2.28. The Balaban J connectivity index is 1.91. The lowest BCUT2D eigenvalue weighted by Gasteiger charge is -2.32. The fraction of sp³-hybridized carbons (Fsp3) is 0.929. The number of hydrogen-bond acceptors (Lipinski definition) is 3. The van der Waals surface area contributed by atoms with Gasteiger partial charge in [0.25, 0.3) is 0 Å². The maximum Gasteiger partial charge on any atom is 0.234 e. The van der Waals surface area contributed by atoms with Gasteiger partial charge in [0.1, 0.15) is 0 Å². The Hall–Kier alpha value is -0.610. The summed E-state index contributed by atoms with van der Waals surface area (Å²) < 4.78 is 0. The first kappa shape index (κ1) is 13.8. The molecule has 1 heterocycles. The Labute approximate surface area is 110 Å². The lowest BCUT2D eigenvalue weighted by molar-refractivity contribution is -0.124. The van der Waals surface area contributed by atoms with E-state index in [9.17, 15) is 4.79 Å². The van der Waals surface area contributed by atoms with Crippen LogP contribution in [0.25, 0.3) is 0 Å². The third-order valence-electron chi connectivity index (χ3n) is 4.43. The molecule has 0 spiro atoms. The van der Waals surface area contributed by atoms with E-state index in [0.29, 0.717) is 5.92 Å². The predicted molar refractivity (Wildman–Crippen MR) is 73.2 cm³/mol. The molecule has 3 N–H and O–H groups in total. The van der Waals surface area contributed by atoms with Crippen molar-refractivity contribution in [1.82, 2.24) is 10.2 Å². The van der Waals surface area contributed by atoms with Gasteiger partial charge in [0.05, 0.1) is 6.04 Å². The molecule has 1 atom stereocenters. The fourth-order valence-corrected chi connectivity index (χ4v) is 3.36. The summed E-state index contributed by atoms with van der Waals surface area (Å²) in [6.07, 6.45) is 8.70. The van der Waals surface area contributed by atoms with Crippen molar-refractivity contribution in [2.45, 2.75) is 51.0 Å². The Morgan fingerprint density at radius 1 is 1.17 bits per heavy atom. The highest BCUT2D eigenvalue weighted by Gasteiger charge is 2.28. The van der Waals surface area contributed by atoms with Gasteiger partial charge in [-0.3, -0.25) is 9.69 Å². The average Bonchev–Trinajstić information content (AvgIpc) is 2.65. The van der Waals surface area contributed by atoms with Gasteiger partial charge in [0.2, 0.25) is 5.91 Å². The second-order valence-electron chi connectivity index (χ2n) is 5.80. The fourth-order valence-electron chi connectivity index (χ4n) is 3.36. The van der Waals surface area contributed by atoms with Crippen molar-refractivity contribution in [2.24, 2.45) is 11.7 Å². The molecule has 0 aromatic heterocycles. The van der Waals surface area contributed by atoms with Crippen LogP contribution in [-0.4, -0.2) is 43.0 Å². The highest BCUT2D eigenvalue weighted by atomic mass is 16.1. The Kier molecular flexibility index (Phi) is 5.45. The van der Waals surface area contributed by atoms with E-state index in [0.717, 1.165) is 39.0 Å². The van der Waals surface area contributed by atoms with Crippen LogP contribution in [0, 0.1) is 5.92 Å². The summed E-state index contributed by atoms with van der Waals surface area (Å²) in [5, 5.41) is 3.38. The molecule has 1 amide bonds. The minimum atomic E-state index is -0.123. The molecule has 1 saturated carbocycles. The number of amides is 1. The van der Waals surface area contributed by atoms with Crippen molar-refractivity contribution < 1.29 is 4.79 Å². The zero-order chi connectivity index (χ0) is 12.8. The summed E-state index contributed by atoms with van der Waals surface area (Å²) in [5.41, 5.74) is 5.63. The number of carbonyl (C=O) groups is 1. The summed E-state index contributed by atoms with van der Waals surface area (Å²) in [6, 6.07) is -0.0343. The van der Waals surface area contributed by atoms with Crippen LogP contribution in [0.4, 0.5) is 0 Å². The number of hydrogen-bond donors (Lipinski definition) is 2. The predicted octanol–water partition coefficient (Wildman–Crippen LogP) is 1.11. The van der Waals surface area contributed by atoms with Crippen LogP contribution in [0.15, 0.2) is 0 Å². The second-order valence-corrected chi connectivity index (χ2v) is 5.80. The van der Waals surface area contributed by atoms with Crippen molar-refractivity contribution >= 4 is 5.91 Å². The first-order valence-corrected chi connectivity index (χ1v) is 7.51. The molecule has 0 radical (unpaired) electrons. The van der Waals surface area contributed by atoms with Crippen LogP contribution in [0.1, 0.15) is 44.9 Å². The van der Waals surface area contributed by atoms with Crippen LogP contribution < -0.4 is 11.1 Å². The summed E-state index contributed by atoms with van der Waals surface area (Å²) in [5.74, 6) is 0.593. The summed E-state index contributed by atoms with van der Waals surface area (Å²) >= 11 is 0. The maximum atomic E-state index is 11.7. The average molecular weight is 253 g/mol. The molecule has 1 saturated heterocycles. The quantitative estimate of drug-likeness (QED) is 0.789. The van der Waals surface area contributed by atoms with Gasteiger partial charge in [-0.15, -0.1) is 0 Å². The molecule has 18 heavy (non-hydrogen) atoms. The first-order valence-electron chi connectivity index (χ1n) is 7.51. The molecule has 0 bridgehead atoms. The van der Waals surface area contributed by atoms with E-state index < -0.39 is 0 Å². The van der Waals surface area contributed by atoms with E-state index in [2.05, 4.69) is 10.2 Å². The van der Waals surface area contributed by atoms with Gasteiger partial charge in [-0.1, -0.05) is 32.1 Å². The standard InChI is InChI=1S/C14H27N3O/c15-14(18)13(11-12-5-2-1-3-6-12)17-9-4-7-16-8-10-17/h12-13,16H,1-11H2,(H2,15,18). The molecule has 1 aliphatic heterocycles. The van der Waals surface area contributed by atoms with E-state index >= 15 is 0 Å². The molecule has 2 fully saturated rings. The minimum Gasteiger partial charge on any atom is -0.368 e. The third kappa shape index (κ3) is 3.95. The largest absolute Gasteiger partial charge is 0.368 e. The van der Waals surface area contributed by atoms with Gasteiger partial charge in [-0.2, -0.15) is 0 Å². The van der Waals surface area contributed by atoms with Crippen LogP contribution in [0.5, 0.6) is 0 Å². The lowest BCUT2D eigenvalue weighted by Crippen LogP contribution is -2.47. The molecule has 1 unspecified atom stereocenters. The van der Waals surface area contributed by atoms with Gasteiger partial charge < -0.3 is 11.1 Å². The van der Waals surface area contributed by atoms with Gasteiger partial charge >= 0.3 is 0 Å². The van der Waals surface area contributed by atoms with Crippen molar-refractivity contribution in [3.05, 3.63) is 0 Å². The van der Waals surface area contributed by atoms with Crippen LogP contribution >= 0.6 is 0 Å². The molecule has 4 nitrogen and oxygen atoms in total. The maximum absolute atomic E-state index is 11.7. The van der Waals surface area contributed by atoms with Gasteiger partial charge in [-0.25, -0.2) is 0 Å². The van der Waals surface area contributed by atoms with E-state index in [1.807, 2.05) is 0 Å². The molecule has 0 aromatic rings. The SMILES string of the molecule is NC(=O)C(CC1CCCCC1)N1CCCNCC1. The monoisotopic (exact) mass is 253 g/mol. The molecular formula is C14H27N3O. The number of nitrogens with zero attached hydrogens (tertiary/aromatic N) is 1. The van der Waals surface area contributed by atoms with E-state index in [4.69, 9.17) is 5.73 Å². The molecular weight excluding hydrogens is 226 g/mol. The second kappa shape index (κ2) is 7.10. The van der Waals surface area contributed by atoms with Crippen molar-refractivity contribution in [1.29, 1.82) is 0 Å². The molecule has 4 heteroatoms. The number of primary amides is 1. The summed E-state index contributed by atoms with van der Waals surface area (Å²) in [7, 11) is 0. The van der Waals surface area contributed by atoms with Crippen molar-refractivity contribution in [3.8, 4) is 0 Å². The molecule has 1 aliphatic carbocycles. The molecule has 2 aliphatic rings. The lowest BCUT2D eigenvalue weighted by atomic mass is 9.84. The number of rotatable bonds is 4. The van der Waals surface area contributed by atoms with Crippen LogP contribution in [-0.2, 0) is 4.79 Å². The van der Waals surface area contributed by atoms with Crippen LogP contribution in [0.3, 0.4) is 0 Å². The topological polar surface area (TPSA) is 58.4 Å². The summed E-state index contributed by atoms with van der Waals surface area (Å²) in [4.78, 5) is 14.0. The Bertz CT molecular complexity index is 256.